The molecule has 0 bridgehead atoms. The van der Waals surface area contributed by atoms with Gasteiger partial charge >= 0.3 is 0 Å². The Kier molecular flexibility index (Phi) is 3.90. The second kappa shape index (κ2) is 4.76. The zero-order valence-corrected chi connectivity index (χ0v) is 10.3. The number of halogens is 1. The van der Waals surface area contributed by atoms with E-state index in [9.17, 15) is 0 Å². The van der Waals surface area contributed by atoms with Crippen LogP contribution in [0, 0.1) is 0 Å². The van der Waals surface area contributed by atoms with E-state index in [1.807, 2.05) is 18.2 Å². The molecule has 1 nitrogen and oxygen atoms in total. The van der Waals surface area contributed by atoms with Gasteiger partial charge < -0.3 is 5.32 Å². The van der Waals surface area contributed by atoms with Crippen LogP contribution in [0.1, 0.15) is 19.4 Å². The monoisotopic (exact) mass is 253 g/mol. The van der Waals surface area contributed by atoms with Gasteiger partial charge in [-0.2, -0.15) is 0 Å². The highest BCUT2D eigenvalue weighted by Gasteiger charge is 2.11. The van der Waals surface area contributed by atoms with Crippen molar-refractivity contribution in [3.05, 3.63) is 47.0 Å². The molecular formula is C12H16BrN. The standard InChI is InChI=1S/C12H16BrN/c1-4-12(2,3)14-9-10-7-5-6-8-11(10)13/h4-8,14H,1,9H2,2-3H3. The van der Waals surface area contributed by atoms with E-state index < -0.39 is 0 Å². The fourth-order valence-electron chi connectivity index (χ4n) is 1.04. The molecule has 0 heterocycles. The van der Waals surface area contributed by atoms with Crippen LogP contribution in [0.5, 0.6) is 0 Å². The van der Waals surface area contributed by atoms with Crippen LogP contribution in [0.4, 0.5) is 0 Å². The highest BCUT2D eigenvalue weighted by Crippen LogP contribution is 2.16. The van der Waals surface area contributed by atoms with Crippen LogP contribution in [0.15, 0.2) is 41.4 Å². The summed E-state index contributed by atoms with van der Waals surface area (Å²) in [6.45, 7) is 8.86. The predicted molar refractivity (Wildman–Crippen MR) is 65.3 cm³/mol. The van der Waals surface area contributed by atoms with Gasteiger partial charge in [-0.3, -0.25) is 0 Å². The van der Waals surface area contributed by atoms with Crippen LogP contribution in [0.2, 0.25) is 0 Å². The Bertz CT molecular complexity index is 318. The van der Waals surface area contributed by atoms with Crippen molar-refractivity contribution in [3.63, 3.8) is 0 Å². The lowest BCUT2D eigenvalue weighted by Crippen LogP contribution is -2.36. The first-order valence-corrected chi connectivity index (χ1v) is 5.46. The molecule has 0 saturated heterocycles. The molecule has 1 rings (SSSR count). The molecule has 0 spiro atoms. The van der Waals surface area contributed by atoms with Crippen LogP contribution in [0.25, 0.3) is 0 Å². The van der Waals surface area contributed by atoms with Gasteiger partial charge in [0.2, 0.25) is 0 Å². The van der Waals surface area contributed by atoms with Crippen molar-refractivity contribution in [2.45, 2.75) is 25.9 Å². The number of hydrogen-bond acceptors (Lipinski definition) is 1. The van der Waals surface area contributed by atoms with Gasteiger partial charge in [0.15, 0.2) is 0 Å². The first kappa shape index (κ1) is 11.5. The summed E-state index contributed by atoms with van der Waals surface area (Å²) in [5.74, 6) is 0. The number of hydrogen-bond donors (Lipinski definition) is 1. The molecular weight excluding hydrogens is 238 g/mol. The van der Waals surface area contributed by atoms with E-state index in [0.717, 1.165) is 11.0 Å². The van der Waals surface area contributed by atoms with Crippen molar-refractivity contribution >= 4 is 15.9 Å². The fraction of sp³-hybridized carbons (Fsp3) is 0.333. The Balaban J connectivity index is 2.62. The van der Waals surface area contributed by atoms with Gasteiger partial charge in [0.05, 0.1) is 0 Å². The largest absolute Gasteiger partial charge is 0.304 e. The summed E-state index contributed by atoms with van der Waals surface area (Å²) in [5, 5.41) is 3.42. The lowest BCUT2D eigenvalue weighted by molar-refractivity contribution is 0.474. The van der Waals surface area contributed by atoms with E-state index in [1.54, 1.807) is 0 Å². The topological polar surface area (TPSA) is 12.0 Å². The van der Waals surface area contributed by atoms with Crippen LogP contribution in [0.3, 0.4) is 0 Å². The molecule has 0 aliphatic rings. The summed E-state index contributed by atoms with van der Waals surface area (Å²) in [6.07, 6.45) is 1.92. The maximum Gasteiger partial charge on any atom is 0.0307 e. The van der Waals surface area contributed by atoms with Crippen molar-refractivity contribution in [1.82, 2.24) is 5.32 Å². The third-order valence-electron chi connectivity index (χ3n) is 2.20. The van der Waals surface area contributed by atoms with Crippen LogP contribution in [-0.4, -0.2) is 5.54 Å². The molecule has 0 radical (unpaired) electrons. The average Bonchev–Trinajstić information content (AvgIpc) is 2.17. The molecule has 0 aliphatic carbocycles. The van der Waals surface area contributed by atoms with Gasteiger partial charge in [-0.1, -0.05) is 40.2 Å². The lowest BCUT2D eigenvalue weighted by atomic mass is 10.1. The summed E-state index contributed by atoms with van der Waals surface area (Å²) in [4.78, 5) is 0. The molecule has 14 heavy (non-hydrogen) atoms. The quantitative estimate of drug-likeness (QED) is 0.811. The fourth-order valence-corrected chi connectivity index (χ4v) is 1.46. The van der Waals surface area contributed by atoms with Gasteiger partial charge in [-0.15, -0.1) is 6.58 Å². The highest BCUT2D eigenvalue weighted by molar-refractivity contribution is 9.10. The predicted octanol–water partition coefficient (Wildman–Crippen LogP) is 3.50. The van der Waals surface area contributed by atoms with E-state index in [2.05, 4.69) is 53.8 Å². The number of rotatable bonds is 4. The molecule has 0 saturated carbocycles. The van der Waals surface area contributed by atoms with Gasteiger partial charge in [-0.05, 0) is 25.5 Å². The van der Waals surface area contributed by atoms with Crippen molar-refractivity contribution in [3.8, 4) is 0 Å². The molecule has 1 N–H and O–H groups in total. The van der Waals surface area contributed by atoms with E-state index in [0.29, 0.717) is 0 Å². The number of nitrogens with one attached hydrogen (secondary N) is 1. The highest BCUT2D eigenvalue weighted by atomic mass is 79.9. The molecule has 76 valence electrons. The summed E-state index contributed by atoms with van der Waals surface area (Å²) in [6, 6.07) is 8.23. The second-order valence-corrected chi connectivity index (χ2v) is 4.73. The van der Waals surface area contributed by atoms with E-state index in [-0.39, 0.29) is 5.54 Å². The van der Waals surface area contributed by atoms with E-state index in [1.165, 1.54) is 5.56 Å². The second-order valence-electron chi connectivity index (χ2n) is 3.87. The minimum Gasteiger partial charge on any atom is -0.304 e. The molecule has 0 aliphatic heterocycles. The SMILES string of the molecule is C=CC(C)(C)NCc1ccccc1Br. The minimum absolute atomic E-state index is 0.0186. The third-order valence-corrected chi connectivity index (χ3v) is 2.98. The molecule has 1 aromatic carbocycles. The van der Waals surface area contributed by atoms with Crippen molar-refractivity contribution in [2.75, 3.05) is 0 Å². The summed E-state index contributed by atoms with van der Waals surface area (Å²) in [5.41, 5.74) is 1.25. The molecule has 0 unspecified atom stereocenters. The number of benzene rings is 1. The third kappa shape index (κ3) is 3.28. The van der Waals surface area contributed by atoms with Crippen LogP contribution < -0.4 is 5.32 Å². The van der Waals surface area contributed by atoms with Gasteiger partial charge in [0.25, 0.3) is 0 Å². The summed E-state index contributed by atoms with van der Waals surface area (Å²) < 4.78 is 1.15. The molecule has 0 fully saturated rings. The summed E-state index contributed by atoms with van der Waals surface area (Å²) >= 11 is 3.52. The van der Waals surface area contributed by atoms with E-state index in [4.69, 9.17) is 0 Å². The van der Waals surface area contributed by atoms with Gasteiger partial charge in [0.1, 0.15) is 0 Å². The van der Waals surface area contributed by atoms with Crippen LogP contribution in [-0.2, 0) is 6.54 Å². The van der Waals surface area contributed by atoms with Crippen molar-refractivity contribution in [1.29, 1.82) is 0 Å². The molecule has 0 aromatic heterocycles. The van der Waals surface area contributed by atoms with Gasteiger partial charge in [-0.25, -0.2) is 0 Å². The Morgan fingerprint density at radius 2 is 2.07 bits per heavy atom. The zero-order valence-electron chi connectivity index (χ0n) is 8.68. The first-order valence-electron chi connectivity index (χ1n) is 4.67. The zero-order chi connectivity index (χ0) is 10.6. The van der Waals surface area contributed by atoms with Crippen LogP contribution >= 0.6 is 15.9 Å². The molecule has 2 heteroatoms. The first-order chi connectivity index (χ1) is 6.55. The Labute approximate surface area is 94.3 Å². The normalized spacial score (nSPS) is 11.4. The van der Waals surface area contributed by atoms with Gasteiger partial charge in [0, 0.05) is 16.6 Å². The maximum absolute atomic E-state index is 3.79. The van der Waals surface area contributed by atoms with Crippen molar-refractivity contribution in [2.24, 2.45) is 0 Å². The maximum atomic E-state index is 3.79. The smallest absolute Gasteiger partial charge is 0.0307 e. The minimum atomic E-state index is -0.0186. The summed E-state index contributed by atoms with van der Waals surface area (Å²) in [7, 11) is 0. The Morgan fingerprint density at radius 3 is 2.64 bits per heavy atom. The average molecular weight is 254 g/mol. The van der Waals surface area contributed by atoms with Crippen molar-refractivity contribution < 1.29 is 0 Å². The Hall–Kier alpha value is -0.600. The molecule has 0 amide bonds. The van der Waals surface area contributed by atoms with E-state index >= 15 is 0 Å². The Morgan fingerprint density at radius 1 is 1.43 bits per heavy atom. The molecule has 0 atom stereocenters. The lowest BCUT2D eigenvalue weighted by Gasteiger charge is -2.22. The molecule has 1 aromatic rings.